The van der Waals surface area contributed by atoms with Crippen molar-refractivity contribution in [2.45, 2.75) is 19.8 Å². The number of para-hydroxylation sites is 1. The third-order valence-corrected chi connectivity index (χ3v) is 3.57. The van der Waals surface area contributed by atoms with Crippen molar-refractivity contribution in [2.75, 3.05) is 30.4 Å². The summed E-state index contributed by atoms with van der Waals surface area (Å²) in [6, 6.07) is 4.44. The molecule has 0 saturated carbocycles. The van der Waals surface area contributed by atoms with E-state index in [1.807, 2.05) is 6.92 Å². The number of hydrogen-bond acceptors (Lipinski definition) is 3. The lowest BCUT2D eigenvalue weighted by molar-refractivity contribution is 0.0954. The maximum Gasteiger partial charge on any atom is 0.253 e. The molecule has 112 valence electrons. The molecule has 20 heavy (non-hydrogen) atoms. The fourth-order valence-corrected chi connectivity index (χ4v) is 2.27. The van der Waals surface area contributed by atoms with Crippen molar-refractivity contribution in [3.8, 4) is 0 Å². The van der Waals surface area contributed by atoms with Crippen molar-refractivity contribution in [1.29, 1.82) is 0 Å². The molecule has 1 atom stereocenters. The first-order chi connectivity index (χ1) is 9.56. The Morgan fingerprint density at radius 1 is 1.35 bits per heavy atom. The van der Waals surface area contributed by atoms with E-state index in [2.05, 4.69) is 10.6 Å². The molecule has 0 bridgehead atoms. The fourth-order valence-electron chi connectivity index (χ4n) is 1.72. The minimum absolute atomic E-state index is 0.242. The van der Waals surface area contributed by atoms with E-state index >= 15 is 0 Å². The molecule has 0 spiro atoms. The van der Waals surface area contributed by atoms with Gasteiger partial charge >= 0.3 is 0 Å². The molecular weight excluding hydrogens is 279 g/mol. The molecule has 6 heteroatoms. The van der Waals surface area contributed by atoms with E-state index in [-0.39, 0.29) is 11.6 Å². The molecule has 0 aliphatic heterocycles. The smallest absolute Gasteiger partial charge is 0.253 e. The fraction of sp³-hybridized carbons (Fsp3) is 0.500. The lowest BCUT2D eigenvalue weighted by Gasteiger charge is -2.12. The summed E-state index contributed by atoms with van der Waals surface area (Å²) in [4.78, 5) is 12.0. The first-order valence-electron chi connectivity index (χ1n) is 6.66. The Labute approximate surface area is 121 Å². The third-order valence-electron chi connectivity index (χ3n) is 2.70. The van der Waals surface area contributed by atoms with Crippen LogP contribution in [0.2, 0.25) is 0 Å². The summed E-state index contributed by atoms with van der Waals surface area (Å²) in [5, 5.41) is 5.65. The van der Waals surface area contributed by atoms with Crippen LogP contribution in [-0.4, -0.2) is 35.2 Å². The van der Waals surface area contributed by atoms with Gasteiger partial charge in [0.05, 0.1) is 11.3 Å². The van der Waals surface area contributed by atoms with Crippen LogP contribution in [-0.2, 0) is 10.8 Å². The predicted octanol–water partition coefficient (Wildman–Crippen LogP) is 2.15. The van der Waals surface area contributed by atoms with Gasteiger partial charge in [-0.05, 0) is 25.0 Å². The van der Waals surface area contributed by atoms with Crippen molar-refractivity contribution in [3.05, 3.63) is 29.6 Å². The highest BCUT2D eigenvalue weighted by atomic mass is 32.2. The summed E-state index contributed by atoms with van der Waals surface area (Å²) in [5.41, 5.74) is 0.544. The average molecular weight is 300 g/mol. The second-order valence-corrected chi connectivity index (χ2v) is 6.03. The quantitative estimate of drug-likeness (QED) is 0.723. The van der Waals surface area contributed by atoms with Crippen LogP contribution in [0.4, 0.5) is 10.1 Å². The van der Waals surface area contributed by atoms with E-state index in [4.69, 9.17) is 0 Å². The number of anilines is 1. The highest BCUT2D eigenvalue weighted by Gasteiger charge is 2.14. The molecule has 0 heterocycles. The topological polar surface area (TPSA) is 58.2 Å². The minimum atomic E-state index is -0.861. The Morgan fingerprint density at radius 2 is 2.10 bits per heavy atom. The van der Waals surface area contributed by atoms with E-state index in [9.17, 15) is 13.4 Å². The molecule has 0 aliphatic carbocycles. The number of benzene rings is 1. The Hall–Kier alpha value is -1.43. The van der Waals surface area contributed by atoms with Gasteiger partial charge in [0.15, 0.2) is 0 Å². The maximum absolute atomic E-state index is 13.7. The number of carbonyl (C=O) groups is 1. The first kappa shape index (κ1) is 16.6. The van der Waals surface area contributed by atoms with Gasteiger partial charge in [0, 0.05) is 35.9 Å². The molecular formula is C14H21FN2O2S. The highest BCUT2D eigenvalue weighted by molar-refractivity contribution is 7.84. The SMILES string of the molecule is CCCNc1c(F)cccc1C(=O)NCCCS(C)=O. The third kappa shape index (κ3) is 5.28. The molecule has 0 aromatic heterocycles. The summed E-state index contributed by atoms with van der Waals surface area (Å²) in [7, 11) is -0.861. The Kier molecular flexibility index (Phi) is 7.22. The van der Waals surface area contributed by atoms with Crippen molar-refractivity contribution >= 4 is 22.4 Å². The Morgan fingerprint density at radius 3 is 2.75 bits per heavy atom. The molecule has 2 N–H and O–H groups in total. The number of nitrogens with one attached hydrogen (secondary N) is 2. The molecule has 1 aromatic carbocycles. The zero-order valence-electron chi connectivity index (χ0n) is 11.9. The summed E-state index contributed by atoms with van der Waals surface area (Å²) >= 11 is 0. The molecule has 0 aliphatic rings. The van der Waals surface area contributed by atoms with Gasteiger partial charge in [-0.15, -0.1) is 0 Å². The standard InChI is InChI=1S/C14H21FN2O2S/c1-3-8-16-13-11(6-4-7-12(13)15)14(18)17-9-5-10-20(2)19/h4,6-7,16H,3,5,8-10H2,1-2H3,(H,17,18). The van der Waals surface area contributed by atoms with Gasteiger partial charge in [0.25, 0.3) is 5.91 Å². The van der Waals surface area contributed by atoms with E-state index in [0.717, 1.165) is 6.42 Å². The number of amides is 1. The molecule has 0 saturated heterocycles. The Bertz CT molecular complexity index is 480. The normalized spacial score (nSPS) is 11.9. The van der Waals surface area contributed by atoms with E-state index < -0.39 is 16.6 Å². The first-order valence-corrected chi connectivity index (χ1v) is 8.39. The molecule has 1 aromatic rings. The second-order valence-electron chi connectivity index (χ2n) is 4.48. The highest BCUT2D eigenvalue weighted by Crippen LogP contribution is 2.19. The van der Waals surface area contributed by atoms with Crippen LogP contribution in [0.1, 0.15) is 30.1 Å². The van der Waals surface area contributed by atoms with Crippen LogP contribution in [0.3, 0.4) is 0 Å². The molecule has 0 fully saturated rings. The zero-order valence-corrected chi connectivity index (χ0v) is 12.7. The van der Waals surface area contributed by atoms with Crippen molar-refractivity contribution in [3.63, 3.8) is 0 Å². The van der Waals surface area contributed by atoms with Crippen LogP contribution in [0.5, 0.6) is 0 Å². The molecule has 1 rings (SSSR count). The molecule has 1 amide bonds. The van der Waals surface area contributed by atoms with E-state index in [1.165, 1.54) is 12.1 Å². The summed E-state index contributed by atoms with van der Waals surface area (Å²) in [6.07, 6.45) is 3.11. The number of carbonyl (C=O) groups excluding carboxylic acids is 1. The summed E-state index contributed by atoms with van der Waals surface area (Å²) in [5.74, 6) is -0.199. The Balaban J connectivity index is 2.66. The lowest BCUT2D eigenvalue weighted by atomic mass is 10.1. The van der Waals surface area contributed by atoms with Crippen LogP contribution in [0, 0.1) is 5.82 Å². The van der Waals surface area contributed by atoms with Crippen molar-refractivity contribution in [1.82, 2.24) is 5.32 Å². The lowest BCUT2D eigenvalue weighted by Crippen LogP contribution is -2.26. The largest absolute Gasteiger partial charge is 0.382 e. The zero-order chi connectivity index (χ0) is 15.0. The average Bonchev–Trinajstić information content (AvgIpc) is 2.41. The van der Waals surface area contributed by atoms with Gasteiger partial charge in [0.2, 0.25) is 0 Å². The van der Waals surface area contributed by atoms with Gasteiger partial charge < -0.3 is 10.6 Å². The molecule has 0 radical (unpaired) electrons. The van der Waals surface area contributed by atoms with E-state index in [1.54, 1.807) is 12.3 Å². The monoisotopic (exact) mass is 300 g/mol. The van der Waals surface area contributed by atoms with Crippen molar-refractivity contribution in [2.24, 2.45) is 0 Å². The maximum atomic E-state index is 13.7. The molecule has 1 unspecified atom stereocenters. The van der Waals surface area contributed by atoms with Gasteiger partial charge in [-0.25, -0.2) is 4.39 Å². The van der Waals surface area contributed by atoms with Gasteiger partial charge in [0.1, 0.15) is 5.82 Å². The minimum Gasteiger partial charge on any atom is -0.382 e. The molecule has 4 nitrogen and oxygen atoms in total. The number of rotatable bonds is 8. The van der Waals surface area contributed by atoms with Gasteiger partial charge in [-0.3, -0.25) is 9.00 Å². The van der Waals surface area contributed by atoms with E-state index in [0.29, 0.717) is 30.8 Å². The van der Waals surface area contributed by atoms with Crippen LogP contribution < -0.4 is 10.6 Å². The van der Waals surface area contributed by atoms with Crippen LogP contribution in [0.15, 0.2) is 18.2 Å². The summed E-state index contributed by atoms with van der Waals surface area (Å²) in [6.45, 7) is 3.01. The number of halogens is 1. The van der Waals surface area contributed by atoms with Crippen molar-refractivity contribution < 1.29 is 13.4 Å². The van der Waals surface area contributed by atoms with Crippen LogP contribution >= 0.6 is 0 Å². The second kappa shape index (κ2) is 8.68. The van der Waals surface area contributed by atoms with Gasteiger partial charge in [-0.1, -0.05) is 13.0 Å². The van der Waals surface area contributed by atoms with Crippen LogP contribution in [0.25, 0.3) is 0 Å². The predicted molar refractivity (Wildman–Crippen MR) is 81.1 cm³/mol. The summed E-state index contributed by atoms with van der Waals surface area (Å²) < 4.78 is 24.7. The van der Waals surface area contributed by atoms with Gasteiger partial charge in [-0.2, -0.15) is 0 Å². The number of hydrogen-bond donors (Lipinski definition) is 2.